The fourth-order valence-electron chi connectivity index (χ4n) is 6.34. The fraction of sp³-hybridized carbons (Fsp3) is 0.105. The van der Waals surface area contributed by atoms with Crippen molar-refractivity contribution in [2.45, 2.75) is 26.1 Å². The number of para-hydroxylation sites is 3. The lowest BCUT2D eigenvalue weighted by molar-refractivity contribution is -0.138. The Kier molecular flexibility index (Phi) is 7.74. The van der Waals surface area contributed by atoms with Crippen LogP contribution in [0.3, 0.4) is 0 Å². The number of hydrogen-bond acceptors (Lipinski definition) is 4. The Bertz CT molecular complexity index is 2410. The van der Waals surface area contributed by atoms with E-state index in [1.165, 1.54) is 18.2 Å². The van der Waals surface area contributed by atoms with E-state index in [0.29, 0.717) is 11.2 Å². The topological polar surface area (TPSA) is 103 Å². The summed E-state index contributed by atoms with van der Waals surface area (Å²) in [4.78, 5) is 24.9. The van der Waals surface area contributed by atoms with Gasteiger partial charge in [-0.2, -0.15) is 13.2 Å². The summed E-state index contributed by atoms with van der Waals surface area (Å²) in [7, 11) is 0. The van der Waals surface area contributed by atoms with Crippen molar-refractivity contribution >= 4 is 44.6 Å². The van der Waals surface area contributed by atoms with E-state index in [1.807, 2.05) is 42.5 Å². The standard InChI is InChI=1S/C38H27F3N2O6/c1-2-42-29-8-4-3-7-26(29)27-19-23(13-17-30(27)42)43-31-18-16-25(20-28(31)36(37(46)47)32(43)21-35(44)45)49-34-10-6-5-9-33(34)48-24-14-11-22(12-15-24)38(39,40)41/h3-20H,2,21H2,1H3,(H,44,45)(H,46,47). The second-order valence-corrected chi connectivity index (χ2v) is 11.3. The van der Waals surface area contributed by atoms with Crippen LogP contribution in [0.5, 0.6) is 23.0 Å². The number of benzene rings is 5. The maximum atomic E-state index is 13.0. The molecule has 246 valence electrons. The van der Waals surface area contributed by atoms with E-state index in [1.54, 1.807) is 41.0 Å². The van der Waals surface area contributed by atoms with Crippen molar-refractivity contribution < 1.29 is 42.4 Å². The summed E-state index contributed by atoms with van der Waals surface area (Å²) in [5.41, 5.74) is 2.22. The Balaban J connectivity index is 1.32. The first-order valence-electron chi connectivity index (χ1n) is 15.3. The first-order chi connectivity index (χ1) is 23.5. The van der Waals surface area contributed by atoms with Gasteiger partial charge in [-0.25, -0.2) is 4.79 Å². The monoisotopic (exact) mass is 664 g/mol. The lowest BCUT2D eigenvalue weighted by Gasteiger charge is -2.14. The number of aliphatic carboxylic acids is 1. The fourth-order valence-corrected chi connectivity index (χ4v) is 6.34. The van der Waals surface area contributed by atoms with E-state index < -0.39 is 30.1 Å². The Labute approximate surface area is 276 Å². The number of carboxylic acids is 2. The number of nitrogens with zero attached hydrogens (tertiary/aromatic N) is 2. The molecule has 7 aromatic rings. The minimum absolute atomic E-state index is 0.0942. The number of aryl methyl sites for hydroxylation is 1. The molecule has 0 aliphatic carbocycles. The molecule has 0 aliphatic heterocycles. The zero-order valence-corrected chi connectivity index (χ0v) is 25.9. The summed E-state index contributed by atoms with van der Waals surface area (Å²) in [6.45, 7) is 2.80. The van der Waals surface area contributed by atoms with Gasteiger partial charge in [0, 0.05) is 45.1 Å². The highest BCUT2D eigenvalue weighted by Gasteiger charge is 2.30. The molecule has 2 N–H and O–H groups in total. The maximum absolute atomic E-state index is 13.0. The molecule has 11 heteroatoms. The predicted molar refractivity (Wildman–Crippen MR) is 178 cm³/mol. The van der Waals surface area contributed by atoms with Crippen molar-refractivity contribution in [3.05, 3.63) is 126 Å². The number of aromatic nitrogens is 2. The van der Waals surface area contributed by atoms with Crippen LogP contribution in [0.25, 0.3) is 38.4 Å². The largest absolute Gasteiger partial charge is 0.481 e. The number of carboxylic acid groups (broad SMARTS) is 2. The van der Waals surface area contributed by atoms with Crippen LogP contribution in [-0.4, -0.2) is 31.3 Å². The second-order valence-electron chi connectivity index (χ2n) is 11.3. The van der Waals surface area contributed by atoms with Crippen LogP contribution in [0.15, 0.2) is 109 Å². The second kappa shape index (κ2) is 12.1. The zero-order chi connectivity index (χ0) is 34.4. The molecule has 0 spiro atoms. The molecule has 0 bridgehead atoms. The highest BCUT2D eigenvalue weighted by atomic mass is 19.4. The van der Waals surface area contributed by atoms with Crippen molar-refractivity contribution in [1.29, 1.82) is 0 Å². The van der Waals surface area contributed by atoms with Crippen molar-refractivity contribution in [2.24, 2.45) is 0 Å². The van der Waals surface area contributed by atoms with Crippen LogP contribution in [-0.2, 0) is 23.9 Å². The van der Waals surface area contributed by atoms with Gasteiger partial charge in [-0.1, -0.05) is 30.3 Å². The summed E-state index contributed by atoms with van der Waals surface area (Å²) in [6.07, 6.45) is -5.04. The van der Waals surface area contributed by atoms with Crippen LogP contribution in [0.4, 0.5) is 13.2 Å². The molecule has 0 saturated heterocycles. The van der Waals surface area contributed by atoms with Gasteiger partial charge in [-0.15, -0.1) is 0 Å². The molecule has 7 rings (SSSR count). The maximum Gasteiger partial charge on any atom is 0.416 e. The third kappa shape index (κ3) is 5.69. The number of alkyl halides is 3. The molecule has 0 atom stereocenters. The zero-order valence-electron chi connectivity index (χ0n) is 25.9. The number of halogens is 3. The van der Waals surface area contributed by atoms with Gasteiger partial charge in [-0.3, -0.25) is 4.79 Å². The van der Waals surface area contributed by atoms with Crippen LogP contribution in [0, 0.1) is 0 Å². The molecule has 0 unspecified atom stereocenters. The van der Waals surface area contributed by atoms with Crippen LogP contribution >= 0.6 is 0 Å². The Morgan fingerprint density at radius 2 is 1.31 bits per heavy atom. The third-order valence-corrected chi connectivity index (χ3v) is 8.39. The van der Waals surface area contributed by atoms with Gasteiger partial charge in [-0.05, 0) is 85.8 Å². The molecule has 5 aromatic carbocycles. The van der Waals surface area contributed by atoms with Gasteiger partial charge >= 0.3 is 18.1 Å². The molecule has 2 aromatic heterocycles. The first kappa shape index (κ1) is 31.4. The van der Waals surface area contributed by atoms with E-state index in [9.17, 15) is 33.0 Å². The van der Waals surface area contributed by atoms with Gasteiger partial charge in [0.05, 0.1) is 23.1 Å². The summed E-state index contributed by atoms with van der Waals surface area (Å²) in [5.74, 6) is -1.67. The van der Waals surface area contributed by atoms with Gasteiger partial charge < -0.3 is 28.8 Å². The molecule has 0 radical (unpaired) electrons. The Morgan fingerprint density at radius 1 is 0.694 bits per heavy atom. The van der Waals surface area contributed by atoms with Gasteiger partial charge in [0.2, 0.25) is 0 Å². The molecule has 0 saturated carbocycles. The number of ether oxygens (including phenoxy) is 2. The summed E-state index contributed by atoms with van der Waals surface area (Å²) in [5, 5.41) is 22.5. The average Bonchev–Trinajstić information content (AvgIpc) is 3.56. The van der Waals surface area contributed by atoms with E-state index in [4.69, 9.17) is 9.47 Å². The molecule has 0 fully saturated rings. The number of fused-ring (bicyclic) bond motifs is 4. The van der Waals surface area contributed by atoms with Crippen LogP contribution < -0.4 is 9.47 Å². The molecule has 2 heterocycles. The van der Waals surface area contributed by atoms with Crippen molar-refractivity contribution in [3.8, 4) is 28.7 Å². The molecule has 8 nitrogen and oxygen atoms in total. The Morgan fingerprint density at radius 3 is 1.96 bits per heavy atom. The Hall–Kier alpha value is -6.23. The lowest BCUT2D eigenvalue weighted by atomic mass is 10.1. The minimum atomic E-state index is -4.49. The van der Waals surface area contributed by atoms with Crippen LogP contribution in [0.2, 0.25) is 0 Å². The average molecular weight is 665 g/mol. The number of aromatic carboxylic acids is 1. The van der Waals surface area contributed by atoms with E-state index in [2.05, 4.69) is 11.5 Å². The molecule has 0 amide bonds. The number of rotatable bonds is 9. The molecule has 49 heavy (non-hydrogen) atoms. The van der Waals surface area contributed by atoms with Crippen molar-refractivity contribution in [3.63, 3.8) is 0 Å². The smallest absolute Gasteiger partial charge is 0.416 e. The number of hydrogen-bond donors (Lipinski definition) is 2. The highest BCUT2D eigenvalue weighted by molar-refractivity contribution is 6.10. The van der Waals surface area contributed by atoms with E-state index >= 15 is 0 Å². The normalized spacial score (nSPS) is 11.8. The quantitative estimate of drug-likeness (QED) is 0.159. The SMILES string of the molecule is CCn1c2ccccc2c2cc(-n3c(CC(=O)O)c(C(=O)O)c4cc(Oc5ccccc5Oc5ccc(C(F)(F)F)cc5)ccc43)ccc21. The highest BCUT2D eigenvalue weighted by Crippen LogP contribution is 2.40. The van der Waals surface area contributed by atoms with Crippen molar-refractivity contribution in [1.82, 2.24) is 9.13 Å². The molecular weight excluding hydrogens is 637 g/mol. The lowest BCUT2D eigenvalue weighted by Crippen LogP contribution is -2.11. The first-order valence-corrected chi connectivity index (χ1v) is 15.3. The van der Waals surface area contributed by atoms with Gasteiger partial charge in [0.25, 0.3) is 0 Å². The van der Waals surface area contributed by atoms with E-state index in [-0.39, 0.29) is 39.6 Å². The number of carbonyl (C=O) groups is 2. The van der Waals surface area contributed by atoms with Gasteiger partial charge in [0.15, 0.2) is 11.5 Å². The minimum Gasteiger partial charge on any atom is -0.481 e. The van der Waals surface area contributed by atoms with E-state index in [0.717, 1.165) is 40.5 Å². The van der Waals surface area contributed by atoms with Crippen molar-refractivity contribution in [2.75, 3.05) is 0 Å². The van der Waals surface area contributed by atoms with Crippen LogP contribution in [0.1, 0.15) is 28.5 Å². The molecule has 0 aliphatic rings. The van der Waals surface area contributed by atoms with Gasteiger partial charge in [0.1, 0.15) is 11.5 Å². The summed E-state index contributed by atoms with van der Waals surface area (Å²) in [6, 6.07) is 29.3. The summed E-state index contributed by atoms with van der Waals surface area (Å²) >= 11 is 0. The predicted octanol–water partition coefficient (Wildman–Crippen LogP) is 9.69. The third-order valence-electron chi connectivity index (χ3n) is 8.39. The molecular formula is C38H27F3N2O6. The summed E-state index contributed by atoms with van der Waals surface area (Å²) < 4.78 is 54.9.